The number of hydrogen-bond donors (Lipinski definition) is 3. The average Bonchev–Trinajstić information content (AvgIpc) is 3.37. The van der Waals surface area contributed by atoms with Gasteiger partial charge in [0.2, 0.25) is 5.91 Å². The predicted octanol–water partition coefficient (Wildman–Crippen LogP) is 4.55. The summed E-state index contributed by atoms with van der Waals surface area (Å²) in [5.41, 5.74) is 4.34. The summed E-state index contributed by atoms with van der Waals surface area (Å²) in [5.74, 6) is -1.89. The van der Waals surface area contributed by atoms with Crippen molar-refractivity contribution >= 4 is 45.2 Å². The van der Waals surface area contributed by atoms with Crippen molar-refractivity contribution in [3.63, 3.8) is 0 Å². The summed E-state index contributed by atoms with van der Waals surface area (Å²) >= 11 is 5.00. The van der Waals surface area contributed by atoms with Crippen molar-refractivity contribution < 1.29 is 24.2 Å². The van der Waals surface area contributed by atoms with Crippen LogP contribution < -0.4 is 10.6 Å². The van der Waals surface area contributed by atoms with E-state index in [1.807, 2.05) is 60.0 Å². The zero-order valence-corrected chi connectivity index (χ0v) is 20.5. The number of hydrogen-bond acceptors (Lipinski definition) is 5. The molecule has 0 fully saturated rings. The van der Waals surface area contributed by atoms with E-state index in [-0.39, 0.29) is 12.5 Å². The van der Waals surface area contributed by atoms with Crippen molar-refractivity contribution in [2.24, 2.45) is 0 Å². The van der Waals surface area contributed by atoms with Crippen LogP contribution in [-0.2, 0) is 20.7 Å². The summed E-state index contributed by atoms with van der Waals surface area (Å²) in [6.45, 7) is 0.397. The maximum absolute atomic E-state index is 12.6. The van der Waals surface area contributed by atoms with Crippen molar-refractivity contribution in [2.45, 2.75) is 24.8 Å². The maximum atomic E-state index is 12.6. The number of carboxylic acids is 1. The molecule has 0 radical (unpaired) electrons. The van der Waals surface area contributed by atoms with E-state index in [0.717, 1.165) is 31.6 Å². The number of alkyl carbamates (subject to hydrolysis) is 1. The quantitative estimate of drug-likeness (QED) is 0.368. The van der Waals surface area contributed by atoms with Crippen molar-refractivity contribution in [3.05, 3.63) is 80.5 Å². The highest BCUT2D eigenvalue weighted by Gasteiger charge is 2.30. The zero-order valence-electron chi connectivity index (χ0n) is 18.1. The Morgan fingerprint density at radius 3 is 2.26 bits per heavy atom. The molecule has 0 bridgehead atoms. The van der Waals surface area contributed by atoms with Gasteiger partial charge in [-0.15, -0.1) is 11.3 Å². The Morgan fingerprint density at radius 1 is 1.03 bits per heavy atom. The van der Waals surface area contributed by atoms with Crippen molar-refractivity contribution in [1.29, 1.82) is 0 Å². The van der Waals surface area contributed by atoms with Crippen LogP contribution in [0.5, 0.6) is 0 Å². The molecule has 0 saturated carbocycles. The smallest absolute Gasteiger partial charge is 0.407 e. The second kappa shape index (κ2) is 10.8. The Labute approximate surface area is 209 Å². The van der Waals surface area contributed by atoms with E-state index in [4.69, 9.17) is 4.74 Å². The molecule has 0 aliphatic heterocycles. The SMILES string of the molecule is O=C(O)CC(NC(=O)OCC1c2ccccc2-c2ccccc21)C(=O)NCCc1sccc1Br. The molecule has 1 aliphatic rings. The molecule has 3 N–H and O–H groups in total. The van der Waals surface area contributed by atoms with Gasteiger partial charge in [0.05, 0.1) is 6.42 Å². The minimum Gasteiger partial charge on any atom is -0.481 e. The molecule has 1 atom stereocenters. The normalized spacial score (nSPS) is 13.0. The number of carbonyl (C=O) groups is 3. The summed E-state index contributed by atoms with van der Waals surface area (Å²) < 4.78 is 6.42. The molecule has 0 spiro atoms. The van der Waals surface area contributed by atoms with Crippen molar-refractivity contribution in [1.82, 2.24) is 10.6 Å². The van der Waals surface area contributed by atoms with Crippen LogP contribution in [0.4, 0.5) is 4.79 Å². The first-order valence-electron chi connectivity index (χ1n) is 10.8. The van der Waals surface area contributed by atoms with Crippen LogP contribution in [-0.4, -0.2) is 42.3 Å². The van der Waals surface area contributed by atoms with Crippen LogP contribution in [0.1, 0.15) is 28.3 Å². The molecule has 4 rings (SSSR count). The minimum absolute atomic E-state index is 0.0771. The zero-order chi connectivity index (χ0) is 24.1. The first kappa shape index (κ1) is 24.0. The van der Waals surface area contributed by atoms with Gasteiger partial charge in [-0.3, -0.25) is 9.59 Å². The molecule has 7 nitrogen and oxygen atoms in total. The summed E-state index contributed by atoms with van der Waals surface area (Å²) in [6.07, 6.45) is -0.780. The predicted molar refractivity (Wildman–Crippen MR) is 133 cm³/mol. The second-order valence-corrected chi connectivity index (χ2v) is 9.71. The van der Waals surface area contributed by atoms with E-state index >= 15 is 0 Å². The third-order valence-electron chi connectivity index (χ3n) is 5.67. The molecule has 3 aromatic rings. The number of rotatable bonds is 9. The Balaban J connectivity index is 1.35. The average molecular weight is 543 g/mol. The van der Waals surface area contributed by atoms with Gasteiger partial charge >= 0.3 is 12.1 Å². The molecule has 9 heteroatoms. The molecule has 0 saturated heterocycles. The third kappa shape index (κ3) is 5.48. The molecule has 2 aromatic carbocycles. The monoisotopic (exact) mass is 542 g/mol. The molecule has 34 heavy (non-hydrogen) atoms. The van der Waals surface area contributed by atoms with Crippen LogP contribution in [0.3, 0.4) is 0 Å². The lowest BCUT2D eigenvalue weighted by Crippen LogP contribution is -2.48. The highest BCUT2D eigenvalue weighted by Crippen LogP contribution is 2.44. The second-order valence-electron chi connectivity index (χ2n) is 7.85. The Morgan fingerprint density at radius 2 is 1.68 bits per heavy atom. The molecule has 176 valence electrons. The van der Waals surface area contributed by atoms with Gasteiger partial charge in [0.15, 0.2) is 0 Å². The molecular weight excluding hydrogens is 520 g/mol. The minimum atomic E-state index is -1.24. The van der Waals surface area contributed by atoms with E-state index in [0.29, 0.717) is 13.0 Å². The lowest BCUT2D eigenvalue weighted by atomic mass is 9.98. The highest BCUT2D eigenvalue weighted by molar-refractivity contribution is 9.10. The Hall–Kier alpha value is -3.17. The van der Waals surface area contributed by atoms with Crippen LogP contribution >= 0.6 is 27.3 Å². The lowest BCUT2D eigenvalue weighted by Gasteiger charge is -2.18. The molecule has 1 aromatic heterocycles. The number of benzene rings is 2. The number of ether oxygens (including phenoxy) is 1. The van der Waals surface area contributed by atoms with Gasteiger partial charge in [0, 0.05) is 28.2 Å². The van der Waals surface area contributed by atoms with Gasteiger partial charge in [-0.1, -0.05) is 48.5 Å². The van der Waals surface area contributed by atoms with Gasteiger partial charge < -0.3 is 20.5 Å². The molecule has 2 amide bonds. The number of thiophene rings is 1. The Kier molecular flexibility index (Phi) is 7.64. The van der Waals surface area contributed by atoms with E-state index in [2.05, 4.69) is 26.6 Å². The summed E-state index contributed by atoms with van der Waals surface area (Å²) in [5, 5.41) is 16.2. The van der Waals surface area contributed by atoms with Gasteiger partial charge in [-0.05, 0) is 49.6 Å². The fourth-order valence-corrected chi connectivity index (χ4v) is 5.65. The van der Waals surface area contributed by atoms with Crippen LogP contribution in [0, 0.1) is 0 Å². The number of carbonyl (C=O) groups excluding carboxylic acids is 2. The molecule has 1 aliphatic carbocycles. The topological polar surface area (TPSA) is 105 Å². The number of aliphatic carboxylic acids is 1. The molecule has 1 heterocycles. The van der Waals surface area contributed by atoms with Crippen LogP contribution in [0.25, 0.3) is 11.1 Å². The lowest BCUT2D eigenvalue weighted by molar-refractivity contribution is -0.139. The highest BCUT2D eigenvalue weighted by atomic mass is 79.9. The van der Waals surface area contributed by atoms with Crippen molar-refractivity contribution in [2.75, 3.05) is 13.2 Å². The number of nitrogens with one attached hydrogen (secondary N) is 2. The summed E-state index contributed by atoms with van der Waals surface area (Å²) in [4.78, 5) is 37.4. The largest absolute Gasteiger partial charge is 0.481 e. The van der Waals surface area contributed by atoms with E-state index < -0.39 is 30.4 Å². The first-order chi connectivity index (χ1) is 16.4. The standard InChI is InChI=1S/C25H23BrN2O5S/c26-20-10-12-34-22(20)9-11-27-24(31)21(13-23(29)30)28-25(32)33-14-19-17-7-3-1-5-15(17)16-6-2-4-8-18(16)19/h1-8,10,12,19,21H,9,11,13-14H2,(H,27,31)(H,28,32)(H,29,30). The van der Waals surface area contributed by atoms with Gasteiger partial charge in [-0.25, -0.2) is 4.79 Å². The molecule has 1 unspecified atom stereocenters. The maximum Gasteiger partial charge on any atom is 0.407 e. The number of amides is 2. The summed E-state index contributed by atoms with van der Waals surface area (Å²) in [6, 6.07) is 16.6. The summed E-state index contributed by atoms with van der Waals surface area (Å²) in [7, 11) is 0. The Bertz CT molecular complexity index is 1170. The molecular formula is C25H23BrN2O5S. The number of fused-ring (bicyclic) bond motifs is 3. The first-order valence-corrected chi connectivity index (χ1v) is 12.4. The van der Waals surface area contributed by atoms with E-state index in [1.54, 1.807) is 11.3 Å². The van der Waals surface area contributed by atoms with Gasteiger partial charge in [0.1, 0.15) is 12.6 Å². The number of carboxylic acid groups (broad SMARTS) is 1. The van der Waals surface area contributed by atoms with Crippen LogP contribution in [0.15, 0.2) is 64.5 Å². The van der Waals surface area contributed by atoms with Crippen LogP contribution in [0.2, 0.25) is 0 Å². The number of halogens is 1. The fraction of sp³-hybridized carbons (Fsp3) is 0.240. The van der Waals surface area contributed by atoms with E-state index in [9.17, 15) is 19.5 Å². The van der Waals surface area contributed by atoms with E-state index in [1.165, 1.54) is 0 Å². The van der Waals surface area contributed by atoms with Gasteiger partial charge in [-0.2, -0.15) is 0 Å². The van der Waals surface area contributed by atoms with Crippen molar-refractivity contribution in [3.8, 4) is 11.1 Å². The third-order valence-corrected chi connectivity index (χ3v) is 7.66. The fourth-order valence-electron chi connectivity index (χ4n) is 4.09. The van der Waals surface area contributed by atoms with Gasteiger partial charge in [0.25, 0.3) is 0 Å².